The Morgan fingerprint density at radius 3 is 2.53 bits per heavy atom. The Morgan fingerprint density at radius 1 is 1.37 bits per heavy atom. The smallest absolute Gasteiger partial charge is 0.0900 e. The number of hydrogen-bond donors (Lipinski definition) is 1. The molecule has 0 aliphatic rings. The topological polar surface area (TPSA) is 42.7 Å². The third-order valence-electron chi connectivity index (χ3n) is 3.04. The van der Waals surface area contributed by atoms with Crippen LogP contribution in [0.3, 0.4) is 0 Å². The summed E-state index contributed by atoms with van der Waals surface area (Å²) in [5, 5.41) is 9.47. The Bertz CT molecular complexity index is 573. The molecule has 19 heavy (non-hydrogen) atoms. The second kappa shape index (κ2) is 5.61. The highest BCUT2D eigenvalue weighted by molar-refractivity contribution is 7.11. The Kier molecular flexibility index (Phi) is 4.28. The molecule has 2 aromatic rings. The average molecular weight is 299 g/mol. The summed E-state index contributed by atoms with van der Waals surface area (Å²) in [5.74, 6) is 0. The van der Waals surface area contributed by atoms with Gasteiger partial charge in [-0.1, -0.05) is 11.6 Å². The quantitative estimate of drug-likeness (QED) is 0.939. The fourth-order valence-electron chi connectivity index (χ4n) is 2.24. The summed E-state index contributed by atoms with van der Waals surface area (Å²) < 4.78 is 1.97. The number of rotatable bonds is 4. The summed E-state index contributed by atoms with van der Waals surface area (Å²) in [6.07, 6.45) is 1.71. The van der Waals surface area contributed by atoms with E-state index >= 15 is 0 Å². The maximum atomic E-state index is 6.33. The van der Waals surface area contributed by atoms with Gasteiger partial charge in [0, 0.05) is 6.04 Å². The molecule has 0 aromatic carbocycles. The summed E-state index contributed by atoms with van der Waals surface area (Å²) in [6.45, 7) is 8.26. The molecule has 4 nitrogen and oxygen atoms in total. The zero-order valence-corrected chi connectivity index (χ0v) is 13.4. The first-order valence-electron chi connectivity index (χ1n) is 6.29. The van der Waals surface area contributed by atoms with Crippen LogP contribution >= 0.6 is 22.9 Å². The molecule has 2 rings (SSSR count). The van der Waals surface area contributed by atoms with Gasteiger partial charge in [0.2, 0.25) is 0 Å². The van der Waals surface area contributed by atoms with Crippen molar-refractivity contribution >= 4 is 22.9 Å². The van der Waals surface area contributed by atoms with Crippen LogP contribution in [0.4, 0.5) is 0 Å². The number of aryl methyl sites for hydroxylation is 2. The van der Waals surface area contributed by atoms with E-state index in [-0.39, 0.29) is 12.1 Å². The molecular formula is C13H19ClN4S. The van der Waals surface area contributed by atoms with Crippen molar-refractivity contribution in [2.75, 3.05) is 7.05 Å². The second-order valence-electron chi connectivity index (χ2n) is 4.82. The summed E-state index contributed by atoms with van der Waals surface area (Å²) >= 11 is 8.03. The van der Waals surface area contributed by atoms with E-state index in [0.29, 0.717) is 5.02 Å². The molecule has 0 spiro atoms. The highest BCUT2D eigenvalue weighted by Gasteiger charge is 2.25. The van der Waals surface area contributed by atoms with Crippen LogP contribution in [-0.4, -0.2) is 21.8 Å². The molecule has 0 aliphatic heterocycles. The van der Waals surface area contributed by atoms with Crippen molar-refractivity contribution < 1.29 is 0 Å². The monoisotopic (exact) mass is 298 g/mol. The second-order valence-corrected chi connectivity index (χ2v) is 6.46. The number of nitrogens with one attached hydrogen (secondary N) is 1. The minimum Gasteiger partial charge on any atom is -0.307 e. The van der Waals surface area contributed by atoms with Crippen molar-refractivity contribution in [2.45, 2.75) is 39.8 Å². The molecule has 1 atom stereocenters. The number of thiazole rings is 1. The van der Waals surface area contributed by atoms with E-state index in [4.69, 9.17) is 11.6 Å². The Hall–Kier alpha value is -0.910. The van der Waals surface area contributed by atoms with Crippen molar-refractivity contribution in [3.63, 3.8) is 0 Å². The van der Waals surface area contributed by atoms with Gasteiger partial charge in [-0.3, -0.25) is 4.68 Å². The molecule has 0 aliphatic carbocycles. The zero-order valence-electron chi connectivity index (χ0n) is 11.9. The lowest BCUT2D eigenvalue weighted by Crippen LogP contribution is -2.22. The molecule has 0 saturated carbocycles. The normalized spacial score (nSPS) is 13.2. The molecule has 2 aromatic heterocycles. The summed E-state index contributed by atoms with van der Waals surface area (Å²) in [4.78, 5) is 5.70. The van der Waals surface area contributed by atoms with Gasteiger partial charge in [0.15, 0.2) is 0 Å². The Balaban J connectivity index is 2.54. The van der Waals surface area contributed by atoms with Gasteiger partial charge in [0.1, 0.15) is 0 Å². The largest absolute Gasteiger partial charge is 0.307 e. The number of hydrogen-bond acceptors (Lipinski definition) is 4. The maximum absolute atomic E-state index is 6.33. The van der Waals surface area contributed by atoms with E-state index in [1.807, 2.05) is 25.6 Å². The molecule has 0 saturated heterocycles. The molecule has 0 fully saturated rings. The predicted molar refractivity (Wildman–Crippen MR) is 80.1 cm³/mol. The van der Waals surface area contributed by atoms with Gasteiger partial charge in [-0.2, -0.15) is 5.10 Å². The van der Waals surface area contributed by atoms with Crippen LogP contribution in [-0.2, 0) is 0 Å². The highest BCUT2D eigenvalue weighted by atomic mass is 35.5. The van der Waals surface area contributed by atoms with Crippen LogP contribution in [0.5, 0.6) is 0 Å². The predicted octanol–water partition coefficient (Wildman–Crippen LogP) is 3.50. The zero-order chi connectivity index (χ0) is 14.2. The number of nitrogens with zero attached hydrogens (tertiary/aromatic N) is 3. The minimum absolute atomic E-state index is 0.0311. The Labute approximate surface area is 122 Å². The van der Waals surface area contributed by atoms with Crippen molar-refractivity contribution in [1.29, 1.82) is 0 Å². The highest BCUT2D eigenvalue weighted by Crippen LogP contribution is 2.34. The van der Waals surface area contributed by atoms with E-state index in [2.05, 4.69) is 29.2 Å². The molecule has 6 heteroatoms. The van der Waals surface area contributed by atoms with Gasteiger partial charge < -0.3 is 5.32 Å². The van der Waals surface area contributed by atoms with Crippen LogP contribution in [0.1, 0.15) is 47.2 Å². The van der Waals surface area contributed by atoms with E-state index < -0.39 is 0 Å². The molecule has 1 N–H and O–H groups in total. The van der Waals surface area contributed by atoms with Gasteiger partial charge in [-0.25, -0.2) is 4.98 Å². The maximum Gasteiger partial charge on any atom is 0.0900 e. The van der Waals surface area contributed by atoms with Gasteiger partial charge in [-0.15, -0.1) is 11.3 Å². The standard InChI is InChI=1S/C13H19ClN4S/c1-7(2)18-12(10(14)6-16-18)11(15-5)13-8(3)17-9(4)19-13/h6-7,11,15H,1-5H3. The van der Waals surface area contributed by atoms with Crippen LogP contribution < -0.4 is 5.32 Å². The first kappa shape index (κ1) is 14.5. The number of halogens is 1. The molecular weight excluding hydrogens is 280 g/mol. The lowest BCUT2D eigenvalue weighted by molar-refractivity contribution is 0.485. The Morgan fingerprint density at radius 2 is 2.05 bits per heavy atom. The van der Waals surface area contributed by atoms with Gasteiger partial charge in [0.25, 0.3) is 0 Å². The van der Waals surface area contributed by atoms with Crippen molar-refractivity contribution in [3.05, 3.63) is 32.5 Å². The van der Waals surface area contributed by atoms with Crippen LogP contribution in [0.15, 0.2) is 6.20 Å². The lowest BCUT2D eigenvalue weighted by atomic mass is 10.1. The summed E-state index contributed by atoms with van der Waals surface area (Å²) in [6, 6.07) is 0.302. The fraction of sp³-hybridized carbons (Fsp3) is 0.538. The van der Waals surface area contributed by atoms with Gasteiger partial charge in [0.05, 0.1) is 38.5 Å². The van der Waals surface area contributed by atoms with Crippen molar-refractivity contribution in [3.8, 4) is 0 Å². The summed E-state index contributed by atoms with van der Waals surface area (Å²) in [5.41, 5.74) is 2.06. The molecule has 0 bridgehead atoms. The number of aromatic nitrogens is 3. The van der Waals surface area contributed by atoms with Crippen LogP contribution in [0.2, 0.25) is 5.02 Å². The first-order chi connectivity index (χ1) is 8.95. The van der Waals surface area contributed by atoms with E-state index in [1.165, 1.54) is 4.88 Å². The SMILES string of the molecule is CNC(c1sc(C)nc1C)c1c(Cl)cnn1C(C)C. The van der Waals surface area contributed by atoms with E-state index in [9.17, 15) is 0 Å². The first-order valence-corrected chi connectivity index (χ1v) is 7.49. The van der Waals surface area contributed by atoms with Crippen molar-refractivity contribution in [1.82, 2.24) is 20.1 Å². The molecule has 0 amide bonds. The molecule has 0 radical (unpaired) electrons. The molecule has 1 unspecified atom stereocenters. The fourth-order valence-corrected chi connectivity index (χ4v) is 3.52. The molecule has 2 heterocycles. The van der Waals surface area contributed by atoms with E-state index in [1.54, 1.807) is 17.5 Å². The van der Waals surface area contributed by atoms with Crippen molar-refractivity contribution in [2.24, 2.45) is 0 Å². The van der Waals surface area contributed by atoms with Gasteiger partial charge >= 0.3 is 0 Å². The third-order valence-corrected chi connectivity index (χ3v) is 4.47. The van der Waals surface area contributed by atoms with Crippen LogP contribution in [0, 0.1) is 13.8 Å². The van der Waals surface area contributed by atoms with Crippen LogP contribution in [0.25, 0.3) is 0 Å². The minimum atomic E-state index is 0.0311. The van der Waals surface area contributed by atoms with Gasteiger partial charge in [-0.05, 0) is 34.7 Å². The lowest BCUT2D eigenvalue weighted by Gasteiger charge is -2.20. The average Bonchev–Trinajstić information content (AvgIpc) is 2.85. The van der Waals surface area contributed by atoms with E-state index in [0.717, 1.165) is 16.4 Å². The molecule has 104 valence electrons. The third kappa shape index (κ3) is 2.68. The summed E-state index contributed by atoms with van der Waals surface area (Å²) in [7, 11) is 1.94.